The van der Waals surface area contributed by atoms with Crippen LogP contribution in [0.4, 0.5) is 11.4 Å². The summed E-state index contributed by atoms with van der Waals surface area (Å²) < 4.78 is 0. The molecule has 0 saturated heterocycles. The van der Waals surface area contributed by atoms with Gasteiger partial charge in [0.1, 0.15) is 0 Å². The fourth-order valence-electron chi connectivity index (χ4n) is 1.91. The van der Waals surface area contributed by atoms with Gasteiger partial charge in [0.05, 0.1) is 0 Å². The van der Waals surface area contributed by atoms with Crippen molar-refractivity contribution in [3.8, 4) is 0 Å². The molecule has 1 rings (SSSR count). The monoisotopic (exact) mass is 255 g/mol. The van der Waals surface area contributed by atoms with Gasteiger partial charge in [0.15, 0.2) is 0 Å². The summed E-state index contributed by atoms with van der Waals surface area (Å²) in [7, 11) is 4.11. The van der Waals surface area contributed by atoms with Gasteiger partial charge >= 0.3 is 0 Å². The number of benzene rings is 1. The van der Waals surface area contributed by atoms with E-state index in [2.05, 4.69) is 36.9 Å². The summed E-state index contributed by atoms with van der Waals surface area (Å²) >= 11 is 5.81. The zero-order chi connectivity index (χ0) is 12.8. The third-order valence-corrected chi connectivity index (χ3v) is 2.77. The average molecular weight is 256 g/mol. The molecule has 0 aliphatic heterocycles. The Morgan fingerprint density at radius 2 is 1.94 bits per heavy atom. The van der Waals surface area contributed by atoms with Crippen molar-refractivity contribution in [3.05, 3.63) is 23.8 Å². The van der Waals surface area contributed by atoms with Crippen LogP contribution in [-0.2, 0) is 6.54 Å². The predicted molar refractivity (Wildman–Crippen MR) is 76.9 cm³/mol. The molecule has 17 heavy (non-hydrogen) atoms. The summed E-state index contributed by atoms with van der Waals surface area (Å²) in [6.07, 6.45) is 0. The van der Waals surface area contributed by atoms with Crippen LogP contribution in [0.25, 0.3) is 0 Å². The smallest absolute Gasteiger partial charge is 0.0399 e. The molecule has 0 aromatic heterocycles. The number of nitrogen functional groups attached to an aromatic ring is 1. The fourth-order valence-corrected chi connectivity index (χ4v) is 2.11. The molecule has 0 heterocycles. The van der Waals surface area contributed by atoms with Crippen molar-refractivity contribution in [2.24, 2.45) is 0 Å². The molecular formula is C13H22ClN3. The first-order chi connectivity index (χ1) is 8.06. The van der Waals surface area contributed by atoms with E-state index in [1.807, 2.05) is 12.1 Å². The zero-order valence-corrected chi connectivity index (χ0v) is 11.7. The molecule has 1 aromatic rings. The Hall–Kier alpha value is -0.930. The van der Waals surface area contributed by atoms with Crippen LogP contribution in [0, 0.1) is 0 Å². The number of halogens is 1. The summed E-state index contributed by atoms with van der Waals surface area (Å²) in [5.41, 5.74) is 9.15. The minimum Gasteiger partial charge on any atom is -0.399 e. The maximum absolute atomic E-state index is 5.95. The van der Waals surface area contributed by atoms with Gasteiger partial charge in [-0.25, -0.2) is 0 Å². The van der Waals surface area contributed by atoms with Crippen molar-refractivity contribution in [2.75, 3.05) is 43.7 Å². The number of nitrogens with zero attached hydrogens (tertiary/aromatic N) is 2. The van der Waals surface area contributed by atoms with E-state index in [9.17, 15) is 0 Å². The molecule has 0 bridgehead atoms. The maximum Gasteiger partial charge on any atom is 0.0399 e. The van der Waals surface area contributed by atoms with Gasteiger partial charge < -0.3 is 15.5 Å². The Morgan fingerprint density at radius 1 is 1.24 bits per heavy atom. The molecule has 0 amide bonds. The lowest BCUT2D eigenvalue weighted by molar-refractivity contribution is 0.402. The van der Waals surface area contributed by atoms with Gasteiger partial charge in [-0.05, 0) is 44.8 Å². The molecule has 0 atom stereocenters. The number of rotatable bonds is 6. The fraction of sp³-hybridized carbons (Fsp3) is 0.538. The first-order valence-corrected chi connectivity index (χ1v) is 6.45. The molecular weight excluding hydrogens is 234 g/mol. The van der Waals surface area contributed by atoms with Gasteiger partial charge in [0.25, 0.3) is 0 Å². The number of alkyl halides is 1. The summed E-state index contributed by atoms with van der Waals surface area (Å²) in [5.74, 6) is 0.631. The SMILES string of the molecule is CCN(CCCl)c1cc(N)cc(CN(C)C)c1. The predicted octanol–water partition coefficient (Wildman–Crippen LogP) is 2.40. The van der Waals surface area contributed by atoms with Crippen LogP contribution in [0.2, 0.25) is 0 Å². The lowest BCUT2D eigenvalue weighted by Gasteiger charge is -2.23. The van der Waals surface area contributed by atoms with Crippen molar-refractivity contribution < 1.29 is 0 Å². The molecule has 2 N–H and O–H groups in total. The van der Waals surface area contributed by atoms with E-state index in [1.54, 1.807) is 0 Å². The van der Waals surface area contributed by atoms with Crippen LogP contribution in [-0.4, -0.2) is 38.0 Å². The number of nitrogens with two attached hydrogens (primary N) is 1. The third kappa shape index (κ3) is 4.44. The van der Waals surface area contributed by atoms with Crippen molar-refractivity contribution in [3.63, 3.8) is 0 Å². The topological polar surface area (TPSA) is 32.5 Å². The highest BCUT2D eigenvalue weighted by Gasteiger charge is 2.06. The highest BCUT2D eigenvalue weighted by atomic mass is 35.5. The van der Waals surface area contributed by atoms with E-state index < -0.39 is 0 Å². The molecule has 4 heteroatoms. The number of hydrogen-bond donors (Lipinski definition) is 1. The minimum atomic E-state index is 0.631. The molecule has 0 unspecified atom stereocenters. The average Bonchev–Trinajstić information content (AvgIpc) is 2.23. The molecule has 96 valence electrons. The summed E-state index contributed by atoms with van der Waals surface area (Å²) in [6.45, 7) is 4.82. The Bertz CT molecular complexity index is 353. The van der Waals surface area contributed by atoms with Crippen LogP contribution in [0.1, 0.15) is 12.5 Å². The minimum absolute atomic E-state index is 0.631. The lowest BCUT2D eigenvalue weighted by Crippen LogP contribution is -2.25. The quantitative estimate of drug-likeness (QED) is 0.626. The second-order valence-electron chi connectivity index (χ2n) is 4.44. The summed E-state index contributed by atoms with van der Waals surface area (Å²) in [6, 6.07) is 6.22. The Labute approximate surface area is 109 Å². The summed E-state index contributed by atoms with van der Waals surface area (Å²) in [5, 5.41) is 0. The maximum atomic E-state index is 5.95. The van der Waals surface area contributed by atoms with Gasteiger partial charge in [-0.2, -0.15) is 0 Å². The third-order valence-electron chi connectivity index (χ3n) is 2.60. The Balaban J connectivity index is 2.94. The molecule has 0 spiro atoms. The molecule has 0 saturated carbocycles. The molecule has 3 nitrogen and oxygen atoms in total. The number of hydrogen-bond acceptors (Lipinski definition) is 3. The van der Waals surface area contributed by atoms with Crippen LogP contribution in [0.15, 0.2) is 18.2 Å². The zero-order valence-electron chi connectivity index (χ0n) is 10.9. The van der Waals surface area contributed by atoms with E-state index >= 15 is 0 Å². The molecule has 0 aliphatic carbocycles. The lowest BCUT2D eigenvalue weighted by atomic mass is 10.1. The standard InChI is InChI=1S/C13H22ClN3/c1-4-17(6-5-14)13-8-11(10-16(2)3)7-12(15)9-13/h7-9H,4-6,10,15H2,1-3H3. The Kier molecular flexibility index (Phi) is 5.59. The van der Waals surface area contributed by atoms with Crippen molar-refractivity contribution in [2.45, 2.75) is 13.5 Å². The normalized spacial score (nSPS) is 10.9. The van der Waals surface area contributed by atoms with Gasteiger partial charge in [-0.15, -0.1) is 11.6 Å². The molecule has 0 fully saturated rings. The van der Waals surface area contributed by atoms with Crippen LogP contribution in [0.3, 0.4) is 0 Å². The van der Waals surface area contributed by atoms with Crippen LogP contribution in [0.5, 0.6) is 0 Å². The first kappa shape index (κ1) is 14.1. The van der Waals surface area contributed by atoms with Crippen molar-refractivity contribution in [1.82, 2.24) is 4.90 Å². The van der Waals surface area contributed by atoms with E-state index in [4.69, 9.17) is 17.3 Å². The summed E-state index contributed by atoms with van der Waals surface area (Å²) in [4.78, 5) is 4.37. The highest BCUT2D eigenvalue weighted by Crippen LogP contribution is 2.21. The van der Waals surface area contributed by atoms with Gasteiger partial charge in [-0.3, -0.25) is 0 Å². The number of anilines is 2. The molecule has 0 radical (unpaired) electrons. The van der Waals surface area contributed by atoms with Crippen LogP contribution >= 0.6 is 11.6 Å². The van der Waals surface area contributed by atoms with Gasteiger partial charge in [0.2, 0.25) is 0 Å². The van der Waals surface area contributed by atoms with E-state index in [0.29, 0.717) is 5.88 Å². The van der Waals surface area contributed by atoms with Crippen molar-refractivity contribution in [1.29, 1.82) is 0 Å². The van der Waals surface area contributed by atoms with Gasteiger partial charge in [-0.1, -0.05) is 0 Å². The van der Waals surface area contributed by atoms with Gasteiger partial charge in [0, 0.05) is 36.9 Å². The van der Waals surface area contributed by atoms with E-state index in [0.717, 1.165) is 31.0 Å². The largest absolute Gasteiger partial charge is 0.399 e. The van der Waals surface area contributed by atoms with Crippen molar-refractivity contribution >= 4 is 23.0 Å². The molecule has 1 aromatic carbocycles. The molecule has 0 aliphatic rings. The van der Waals surface area contributed by atoms with E-state index in [-0.39, 0.29) is 0 Å². The van der Waals surface area contributed by atoms with Crippen LogP contribution < -0.4 is 10.6 Å². The van der Waals surface area contributed by atoms with E-state index in [1.165, 1.54) is 5.56 Å². The highest BCUT2D eigenvalue weighted by molar-refractivity contribution is 6.18. The second-order valence-corrected chi connectivity index (χ2v) is 4.82. The first-order valence-electron chi connectivity index (χ1n) is 5.92. The Morgan fingerprint density at radius 3 is 2.47 bits per heavy atom. The second kappa shape index (κ2) is 6.72.